The maximum Gasteiger partial charge on any atom is 0.0847 e. The molecule has 0 saturated carbocycles. The quantitative estimate of drug-likeness (QED) is 0.890. The molecule has 0 amide bonds. The van der Waals surface area contributed by atoms with Crippen LogP contribution in [0.1, 0.15) is 41.9 Å². The molecule has 1 atom stereocenters. The standard InChI is InChI=1S/C16H23ClN4/c1-5-6-19-14(13-7-11(2)9-18-10-13)8-15-16(17)12(3)20-21(15)4/h7,9-10,14,19H,5-6,8H2,1-4H3. The third-order valence-corrected chi connectivity index (χ3v) is 4.09. The van der Waals surface area contributed by atoms with Crippen LogP contribution < -0.4 is 5.32 Å². The summed E-state index contributed by atoms with van der Waals surface area (Å²) in [5.41, 5.74) is 4.30. The molecule has 0 saturated heterocycles. The van der Waals surface area contributed by atoms with Gasteiger partial charge in [-0.2, -0.15) is 5.10 Å². The van der Waals surface area contributed by atoms with Crippen molar-refractivity contribution in [2.24, 2.45) is 7.05 Å². The van der Waals surface area contributed by atoms with Gasteiger partial charge in [0.2, 0.25) is 0 Å². The van der Waals surface area contributed by atoms with Crippen LogP contribution in [0.2, 0.25) is 5.02 Å². The Hall–Kier alpha value is -1.39. The van der Waals surface area contributed by atoms with E-state index in [1.54, 1.807) is 0 Å². The first-order valence-electron chi connectivity index (χ1n) is 7.35. The fraction of sp³-hybridized carbons (Fsp3) is 0.500. The van der Waals surface area contributed by atoms with E-state index in [4.69, 9.17) is 11.6 Å². The van der Waals surface area contributed by atoms with E-state index in [2.05, 4.69) is 35.3 Å². The van der Waals surface area contributed by atoms with Gasteiger partial charge >= 0.3 is 0 Å². The van der Waals surface area contributed by atoms with Crippen LogP contribution in [0.25, 0.3) is 0 Å². The van der Waals surface area contributed by atoms with Gasteiger partial charge in [-0.15, -0.1) is 0 Å². The van der Waals surface area contributed by atoms with Crippen LogP contribution in [-0.4, -0.2) is 21.3 Å². The summed E-state index contributed by atoms with van der Waals surface area (Å²) in [4.78, 5) is 4.31. The van der Waals surface area contributed by atoms with E-state index in [0.29, 0.717) is 0 Å². The van der Waals surface area contributed by atoms with Crippen molar-refractivity contribution in [3.63, 3.8) is 0 Å². The second-order valence-corrected chi connectivity index (χ2v) is 5.85. The first kappa shape index (κ1) is 16.0. The Morgan fingerprint density at radius 3 is 2.67 bits per heavy atom. The van der Waals surface area contributed by atoms with Gasteiger partial charge in [-0.1, -0.05) is 24.6 Å². The van der Waals surface area contributed by atoms with E-state index >= 15 is 0 Å². The molecule has 1 N–H and O–H groups in total. The van der Waals surface area contributed by atoms with Gasteiger partial charge in [-0.25, -0.2) is 0 Å². The summed E-state index contributed by atoms with van der Waals surface area (Å²) >= 11 is 6.38. The molecule has 5 heteroatoms. The molecule has 2 aromatic rings. The zero-order chi connectivity index (χ0) is 15.4. The Kier molecular flexibility index (Phi) is 5.37. The van der Waals surface area contributed by atoms with Crippen molar-refractivity contribution in [3.8, 4) is 0 Å². The highest BCUT2D eigenvalue weighted by molar-refractivity contribution is 6.31. The lowest BCUT2D eigenvalue weighted by Crippen LogP contribution is -2.25. The minimum Gasteiger partial charge on any atom is -0.310 e. The van der Waals surface area contributed by atoms with Crippen molar-refractivity contribution in [2.45, 2.75) is 39.7 Å². The molecule has 4 nitrogen and oxygen atoms in total. The predicted molar refractivity (Wildman–Crippen MR) is 86.7 cm³/mol. The molecule has 21 heavy (non-hydrogen) atoms. The number of aryl methyl sites for hydroxylation is 3. The summed E-state index contributed by atoms with van der Waals surface area (Å²) in [7, 11) is 1.94. The summed E-state index contributed by atoms with van der Waals surface area (Å²) < 4.78 is 1.88. The number of rotatable bonds is 6. The van der Waals surface area contributed by atoms with Crippen LogP contribution in [0, 0.1) is 13.8 Å². The average Bonchev–Trinajstić information content (AvgIpc) is 2.69. The minimum absolute atomic E-state index is 0.199. The van der Waals surface area contributed by atoms with Crippen molar-refractivity contribution >= 4 is 11.6 Å². The molecule has 2 rings (SSSR count). The first-order chi connectivity index (χ1) is 10.0. The van der Waals surface area contributed by atoms with Gasteiger partial charge in [0.05, 0.1) is 16.4 Å². The fourth-order valence-electron chi connectivity index (χ4n) is 2.49. The Balaban J connectivity index is 2.28. The molecule has 0 radical (unpaired) electrons. The summed E-state index contributed by atoms with van der Waals surface area (Å²) in [5, 5.41) is 8.75. The summed E-state index contributed by atoms with van der Waals surface area (Å²) in [6.07, 6.45) is 5.70. The highest BCUT2D eigenvalue weighted by atomic mass is 35.5. The maximum absolute atomic E-state index is 6.38. The molecule has 0 fully saturated rings. The van der Waals surface area contributed by atoms with E-state index in [0.717, 1.165) is 35.8 Å². The average molecular weight is 307 g/mol. The van der Waals surface area contributed by atoms with Crippen LogP contribution in [0.4, 0.5) is 0 Å². The lowest BCUT2D eigenvalue weighted by Gasteiger charge is -2.19. The molecular formula is C16H23ClN4. The van der Waals surface area contributed by atoms with Gasteiger partial charge in [0.25, 0.3) is 0 Å². The van der Waals surface area contributed by atoms with E-state index < -0.39 is 0 Å². The number of nitrogens with one attached hydrogen (secondary N) is 1. The third kappa shape index (κ3) is 3.83. The lowest BCUT2D eigenvalue weighted by molar-refractivity contribution is 0.511. The second-order valence-electron chi connectivity index (χ2n) is 5.48. The van der Waals surface area contributed by atoms with Crippen LogP contribution in [0.3, 0.4) is 0 Å². The van der Waals surface area contributed by atoms with Gasteiger partial charge in [0.15, 0.2) is 0 Å². The summed E-state index contributed by atoms with van der Waals surface area (Å²) in [6.45, 7) is 7.13. The maximum atomic E-state index is 6.38. The molecule has 0 spiro atoms. The van der Waals surface area contributed by atoms with Gasteiger partial charge < -0.3 is 5.32 Å². The molecule has 0 aliphatic rings. The molecule has 0 aromatic carbocycles. The van der Waals surface area contributed by atoms with Gasteiger partial charge in [0, 0.05) is 31.9 Å². The number of hydrogen-bond acceptors (Lipinski definition) is 3. The van der Waals surface area contributed by atoms with Crippen LogP contribution >= 0.6 is 11.6 Å². The highest BCUT2D eigenvalue weighted by Gasteiger charge is 2.18. The molecule has 0 bridgehead atoms. The summed E-state index contributed by atoms with van der Waals surface area (Å²) in [6, 6.07) is 2.38. The zero-order valence-electron chi connectivity index (χ0n) is 13.2. The van der Waals surface area contributed by atoms with Gasteiger partial charge in [0.1, 0.15) is 0 Å². The number of nitrogens with zero attached hydrogens (tertiary/aromatic N) is 3. The SMILES string of the molecule is CCCNC(Cc1c(Cl)c(C)nn1C)c1cncc(C)c1. The van der Waals surface area contributed by atoms with Gasteiger partial charge in [-0.05, 0) is 37.9 Å². The van der Waals surface area contributed by atoms with E-state index in [1.165, 1.54) is 11.1 Å². The molecule has 2 heterocycles. The fourth-order valence-corrected chi connectivity index (χ4v) is 2.73. The van der Waals surface area contributed by atoms with Gasteiger partial charge in [-0.3, -0.25) is 9.67 Å². The van der Waals surface area contributed by atoms with Crippen molar-refractivity contribution in [3.05, 3.63) is 46.0 Å². The minimum atomic E-state index is 0.199. The molecule has 1 unspecified atom stereocenters. The van der Waals surface area contributed by atoms with E-state index in [1.807, 2.05) is 31.0 Å². The van der Waals surface area contributed by atoms with E-state index in [-0.39, 0.29) is 6.04 Å². The topological polar surface area (TPSA) is 42.7 Å². The van der Waals surface area contributed by atoms with Crippen molar-refractivity contribution in [1.82, 2.24) is 20.1 Å². The number of aromatic nitrogens is 3. The molecule has 114 valence electrons. The molecule has 2 aromatic heterocycles. The smallest absolute Gasteiger partial charge is 0.0847 e. The Morgan fingerprint density at radius 2 is 2.10 bits per heavy atom. The Bertz CT molecular complexity index is 606. The number of pyridine rings is 1. The largest absolute Gasteiger partial charge is 0.310 e. The predicted octanol–water partition coefficient (Wildman–Crippen LogP) is 3.37. The van der Waals surface area contributed by atoms with Crippen molar-refractivity contribution < 1.29 is 0 Å². The monoisotopic (exact) mass is 306 g/mol. The Labute approximate surface area is 131 Å². The van der Waals surface area contributed by atoms with Crippen molar-refractivity contribution in [2.75, 3.05) is 6.54 Å². The number of halogens is 1. The van der Waals surface area contributed by atoms with Crippen LogP contribution in [0.5, 0.6) is 0 Å². The number of hydrogen-bond donors (Lipinski definition) is 1. The normalized spacial score (nSPS) is 12.6. The highest BCUT2D eigenvalue weighted by Crippen LogP contribution is 2.25. The third-order valence-electron chi connectivity index (χ3n) is 3.60. The molecule has 0 aliphatic heterocycles. The first-order valence-corrected chi connectivity index (χ1v) is 7.73. The van der Waals surface area contributed by atoms with Crippen LogP contribution in [0.15, 0.2) is 18.5 Å². The molecular weight excluding hydrogens is 284 g/mol. The second kappa shape index (κ2) is 7.05. The zero-order valence-corrected chi connectivity index (χ0v) is 13.9. The molecule has 0 aliphatic carbocycles. The Morgan fingerprint density at radius 1 is 1.33 bits per heavy atom. The summed E-state index contributed by atoms with van der Waals surface area (Å²) in [5.74, 6) is 0. The van der Waals surface area contributed by atoms with E-state index in [9.17, 15) is 0 Å². The lowest BCUT2D eigenvalue weighted by atomic mass is 10.0. The van der Waals surface area contributed by atoms with Crippen LogP contribution in [-0.2, 0) is 13.5 Å². The van der Waals surface area contributed by atoms with Crippen molar-refractivity contribution in [1.29, 1.82) is 0 Å².